The highest BCUT2D eigenvalue weighted by Gasteiger charge is 2.21. The molecular weight excluding hydrogens is 400 g/mol. The lowest BCUT2D eigenvalue weighted by molar-refractivity contribution is -0.115. The number of benzene rings is 3. The van der Waals surface area contributed by atoms with Gasteiger partial charge in [0.15, 0.2) is 5.13 Å². The Labute approximate surface area is 178 Å². The number of fused-ring (bicyclic) bond motifs is 1. The molecule has 0 bridgehead atoms. The van der Waals surface area contributed by atoms with E-state index in [4.69, 9.17) is 9.72 Å². The van der Waals surface area contributed by atoms with Crippen molar-refractivity contribution in [3.8, 4) is 5.75 Å². The van der Waals surface area contributed by atoms with Crippen molar-refractivity contribution in [3.63, 3.8) is 0 Å². The zero-order valence-electron chi connectivity index (χ0n) is 16.2. The maximum Gasteiger partial charge on any atom is 0.230 e. The van der Waals surface area contributed by atoms with Gasteiger partial charge in [0, 0.05) is 23.0 Å². The van der Waals surface area contributed by atoms with E-state index in [-0.39, 0.29) is 5.91 Å². The molecule has 146 valence electrons. The fourth-order valence-electron chi connectivity index (χ4n) is 3.10. The molecule has 4 aromatic rings. The van der Waals surface area contributed by atoms with Crippen molar-refractivity contribution in [1.29, 1.82) is 0 Å². The minimum absolute atomic E-state index is 0.0995. The van der Waals surface area contributed by atoms with Crippen molar-refractivity contribution in [2.24, 2.45) is 0 Å². The van der Waals surface area contributed by atoms with Gasteiger partial charge in [0.1, 0.15) is 5.75 Å². The van der Waals surface area contributed by atoms with Gasteiger partial charge < -0.3 is 4.74 Å². The normalized spacial score (nSPS) is 10.8. The van der Waals surface area contributed by atoms with Crippen LogP contribution in [0.15, 0.2) is 77.0 Å². The molecule has 1 heterocycles. The van der Waals surface area contributed by atoms with Crippen LogP contribution in [-0.4, -0.2) is 18.0 Å². The SMILES string of the molecule is COc1ccccc1N(C(C)=O)c1nc(CSc2ccc3ccccc3c2)cs1. The van der Waals surface area contributed by atoms with Crippen molar-refractivity contribution in [2.45, 2.75) is 17.6 Å². The summed E-state index contributed by atoms with van der Waals surface area (Å²) in [6.07, 6.45) is 0. The molecule has 0 saturated carbocycles. The Kier molecular flexibility index (Phi) is 5.83. The van der Waals surface area contributed by atoms with E-state index >= 15 is 0 Å². The fourth-order valence-corrected chi connectivity index (χ4v) is 4.92. The molecule has 0 spiro atoms. The van der Waals surface area contributed by atoms with Crippen LogP contribution in [-0.2, 0) is 10.5 Å². The molecule has 1 amide bonds. The number of thioether (sulfide) groups is 1. The first-order valence-electron chi connectivity index (χ1n) is 9.15. The first-order chi connectivity index (χ1) is 14.2. The number of carbonyl (C=O) groups excluding carboxylic acids is 1. The molecule has 0 radical (unpaired) electrons. The number of anilines is 2. The minimum atomic E-state index is -0.0995. The number of aromatic nitrogens is 1. The lowest BCUT2D eigenvalue weighted by Gasteiger charge is -2.20. The quantitative estimate of drug-likeness (QED) is 0.344. The molecule has 1 aromatic heterocycles. The zero-order chi connectivity index (χ0) is 20.2. The van der Waals surface area contributed by atoms with Crippen LogP contribution in [0.2, 0.25) is 0 Å². The number of amides is 1. The summed E-state index contributed by atoms with van der Waals surface area (Å²) in [6.45, 7) is 1.54. The Morgan fingerprint density at radius 2 is 1.83 bits per heavy atom. The van der Waals surface area contributed by atoms with E-state index in [1.807, 2.05) is 29.6 Å². The number of rotatable bonds is 6. The summed E-state index contributed by atoms with van der Waals surface area (Å²) in [7, 11) is 1.60. The number of methoxy groups -OCH3 is 1. The number of nitrogens with zero attached hydrogens (tertiary/aromatic N) is 2. The average Bonchev–Trinajstić information content (AvgIpc) is 3.21. The Hall–Kier alpha value is -2.83. The van der Waals surface area contributed by atoms with Gasteiger partial charge in [0.2, 0.25) is 5.91 Å². The van der Waals surface area contributed by atoms with Crippen LogP contribution in [0.4, 0.5) is 10.8 Å². The Morgan fingerprint density at radius 1 is 1.07 bits per heavy atom. The number of hydrogen-bond donors (Lipinski definition) is 0. The second-order valence-corrected chi connectivity index (χ2v) is 8.33. The van der Waals surface area contributed by atoms with Gasteiger partial charge in [0.25, 0.3) is 0 Å². The molecular formula is C23H20N2O2S2. The van der Waals surface area contributed by atoms with Gasteiger partial charge in [-0.05, 0) is 35.0 Å². The summed E-state index contributed by atoms with van der Waals surface area (Å²) in [4.78, 5) is 19.9. The third-order valence-corrected chi connectivity index (χ3v) is 6.38. The van der Waals surface area contributed by atoms with Crippen LogP contribution in [0.5, 0.6) is 5.75 Å². The summed E-state index contributed by atoms with van der Waals surface area (Å²) >= 11 is 3.20. The van der Waals surface area contributed by atoms with E-state index in [2.05, 4.69) is 42.5 Å². The predicted octanol–water partition coefficient (Wildman–Crippen LogP) is 6.28. The molecule has 0 saturated heterocycles. The molecule has 0 unspecified atom stereocenters. The van der Waals surface area contributed by atoms with Gasteiger partial charge >= 0.3 is 0 Å². The van der Waals surface area contributed by atoms with E-state index in [0.717, 1.165) is 11.4 Å². The third kappa shape index (κ3) is 4.28. The lowest BCUT2D eigenvalue weighted by atomic mass is 10.1. The van der Waals surface area contributed by atoms with Crippen LogP contribution in [0.25, 0.3) is 10.8 Å². The minimum Gasteiger partial charge on any atom is -0.495 e. The van der Waals surface area contributed by atoms with Crippen molar-refractivity contribution in [1.82, 2.24) is 4.98 Å². The van der Waals surface area contributed by atoms with Crippen molar-refractivity contribution < 1.29 is 9.53 Å². The van der Waals surface area contributed by atoms with Crippen LogP contribution in [0.3, 0.4) is 0 Å². The lowest BCUT2D eigenvalue weighted by Crippen LogP contribution is -2.23. The third-order valence-electron chi connectivity index (χ3n) is 4.48. The van der Waals surface area contributed by atoms with Crippen LogP contribution in [0.1, 0.15) is 12.6 Å². The largest absolute Gasteiger partial charge is 0.495 e. The van der Waals surface area contributed by atoms with E-state index < -0.39 is 0 Å². The molecule has 0 atom stereocenters. The summed E-state index contributed by atoms with van der Waals surface area (Å²) < 4.78 is 5.42. The van der Waals surface area contributed by atoms with E-state index in [1.165, 1.54) is 33.9 Å². The molecule has 0 N–H and O–H groups in total. The zero-order valence-corrected chi connectivity index (χ0v) is 17.8. The molecule has 0 fully saturated rings. The second-order valence-electron chi connectivity index (χ2n) is 6.45. The summed E-state index contributed by atoms with van der Waals surface area (Å²) in [5.41, 5.74) is 1.65. The van der Waals surface area contributed by atoms with Crippen LogP contribution in [0, 0.1) is 0 Å². The smallest absolute Gasteiger partial charge is 0.230 e. The molecule has 0 aliphatic rings. The van der Waals surface area contributed by atoms with E-state index in [0.29, 0.717) is 16.6 Å². The van der Waals surface area contributed by atoms with Crippen molar-refractivity contribution in [2.75, 3.05) is 12.0 Å². The number of ether oxygens (including phenoxy) is 1. The Morgan fingerprint density at radius 3 is 2.62 bits per heavy atom. The van der Waals surface area contributed by atoms with Crippen molar-refractivity contribution in [3.05, 3.63) is 77.8 Å². The van der Waals surface area contributed by atoms with Gasteiger partial charge in [0.05, 0.1) is 18.5 Å². The summed E-state index contributed by atoms with van der Waals surface area (Å²) in [5.74, 6) is 1.29. The first kappa shape index (κ1) is 19.5. The van der Waals surface area contributed by atoms with Crippen LogP contribution >= 0.6 is 23.1 Å². The van der Waals surface area contributed by atoms with Gasteiger partial charge in [-0.25, -0.2) is 4.98 Å². The van der Waals surface area contributed by atoms with Gasteiger partial charge in [-0.1, -0.05) is 42.5 Å². The number of hydrogen-bond acceptors (Lipinski definition) is 5. The molecule has 6 heteroatoms. The standard InChI is InChI=1S/C23H20N2O2S2/c1-16(26)25(21-9-5-6-10-22(21)27-2)23-24-19(15-29-23)14-28-20-12-11-17-7-3-4-8-18(17)13-20/h3-13,15H,14H2,1-2H3. The maximum absolute atomic E-state index is 12.4. The summed E-state index contributed by atoms with van der Waals surface area (Å²) in [5, 5.41) is 5.13. The van der Waals surface area contributed by atoms with Crippen molar-refractivity contribution >= 4 is 50.6 Å². The number of carbonyl (C=O) groups is 1. The van der Waals surface area contributed by atoms with Gasteiger partial charge in [-0.2, -0.15) is 0 Å². The highest BCUT2D eigenvalue weighted by Crippen LogP contribution is 2.36. The van der Waals surface area contributed by atoms with Gasteiger partial charge in [-0.15, -0.1) is 23.1 Å². The Bertz CT molecular complexity index is 1160. The van der Waals surface area contributed by atoms with E-state index in [9.17, 15) is 4.79 Å². The van der Waals surface area contributed by atoms with E-state index in [1.54, 1.807) is 23.8 Å². The maximum atomic E-state index is 12.4. The molecule has 0 aliphatic carbocycles. The number of thiazole rings is 1. The fraction of sp³-hybridized carbons (Fsp3) is 0.130. The van der Waals surface area contributed by atoms with Gasteiger partial charge in [-0.3, -0.25) is 9.69 Å². The topological polar surface area (TPSA) is 42.4 Å². The molecule has 0 aliphatic heterocycles. The van der Waals surface area contributed by atoms with Crippen LogP contribution < -0.4 is 9.64 Å². The Balaban J connectivity index is 1.54. The monoisotopic (exact) mass is 420 g/mol. The highest BCUT2D eigenvalue weighted by atomic mass is 32.2. The molecule has 4 rings (SSSR count). The predicted molar refractivity (Wildman–Crippen MR) is 121 cm³/mol. The summed E-state index contributed by atoms with van der Waals surface area (Å²) in [6, 6.07) is 22.3. The molecule has 3 aromatic carbocycles. The molecule has 29 heavy (non-hydrogen) atoms. The second kappa shape index (κ2) is 8.68. The first-order valence-corrected chi connectivity index (χ1v) is 11.0. The highest BCUT2D eigenvalue weighted by molar-refractivity contribution is 7.98. The molecule has 4 nitrogen and oxygen atoms in total. The average molecular weight is 421 g/mol. The number of para-hydroxylation sites is 2.